The summed E-state index contributed by atoms with van der Waals surface area (Å²) in [7, 11) is 7.11. The van der Waals surface area contributed by atoms with Crippen molar-refractivity contribution >= 4 is 40.3 Å². The SMILES string of the molecule is CN(C)CCCN(Cc1ccc(Cl)c(Cl)c1)C(=O)Cn1c(=O)c2c(ncn2C)n(C)c1=O. The number of rotatable bonds is 8. The maximum absolute atomic E-state index is 13.2. The number of carbonyl (C=O) groups excluding carboxylic acids is 1. The molecule has 0 saturated carbocycles. The van der Waals surface area contributed by atoms with Gasteiger partial charge in [0.2, 0.25) is 5.91 Å². The van der Waals surface area contributed by atoms with Crippen LogP contribution in [0.4, 0.5) is 0 Å². The first-order valence-electron chi connectivity index (χ1n) is 10.1. The minimum Gasteiger partial charge on any atom is -0.337 e. The Labute approximate surface area is 195 Å². The van der Waals surface area contributed by atoms with Crippen LogP contribution in [-0.4, -0.2) is 61.6 Å². The summed E-state index contributed by atoms with van der Waals surface area (Å²) in [6.07, 6.45) is 2.20. The van der Waals surface area contributed by atoms with Crippen molar-refractivity contribution in [1.82, 2.24) is 28.5 Å². The number of amides is 1. The van der Waals surface area contributed by atoms with Crippen molar-refractivity contribution in [2.24, 2.45) is 14.1 Å². The van der Waals surface area contributed by atoms with E-state index in [0.717, 1.165) is 23.1 Å². The molecule has 2 aromatic heterocycles. The van der Waals surface area contributed by atoms with Gasteiger partial charge >= 0.3 is 5.69 Å². The largest absolute Gasteiger partial charge is 0.337 e. The number of aryl methyl sites for hydroxylation is 2. The van der Waals surface area contributed by atoms with Gasteiger partial charge in [0.1, 0.15) is 6.54 Å². The highest BCUT2D eigenvalue weighted by Crippen LogP contribution is 2.23. The number of aromatic nitrogens is 4. The lowest BCUT2D eigenvalue weighted by Crippen LogP contribution is -2.45. The number of hydrogen-bond acceptors (Lipinski definition) is 5. The Hall–Kier alpha value is -2.62. The molecule has 0 radical (unpaired) electrons. The summed E-state index contributed by atoms with van der Waals surface area (Å²) in [5, 5.41) is 0.831. The lowest BCUT2D eigenvalue weighted by Gasteiger charge is -2.24. The Morgan fingerprint density at radius 2 is 1.81 bits per heavy atom. The molecule has 2 heterocycles. The first kappa shape index (κ1) is 24.0. The summed E-state index contributed by atoms with van der Waals surface area (Å²) >= 11 is 12.1. The number of carbonyl (C=O) groups is 1. The predicted octanol–water partition coefficient (Wildman–Crippen LogP) is 1.72. The Kier molecular flexibility index (Phi) is 7.43. The van der Waals surface area contributed by atoms with Gasteiger partial charge in [0.15, 0.2) is 11.2 Å². The molecule has 3 rings (SSSR count). The van der Waals surface area contributed by atoms with Crippen LogP contribution in [0.25, 0.3) is 11.2 Å². The zero-order chi connectivity index (χ0) is 23.6. The van der Waals surface area contributed by atoms with Crippen LogP contribution in [0.3, 0.4) is 0 Å². The van der Waals surface area contributed by atoms with Gasteiger partial charge in [0.25, 0.3) is 5.56 Å². The maximum Gasteiger partial charge on any atom is 0.332 e. The second kappa shape index (κ2) is 9.89. The molecule has 172 valence electrons. The van der Waals surface area contributed by atoms with Gasteiger partial charge in [0.05, 0.1) is 16.4 Å². The highest BCUT2D eigenvalue weighted by atomic mass is 35.5. The van der Waals surface area contributed by atoms with Crippen LogP contribution in [0.2, 0.25) is 10.0 Å². The third kappa shape index (κ3) is 5.06. The molecular formula is C21H26Cl2N6O3. The summed E-state index contributed by atoms with van der Waals surface area (Å²) in [5.74, 6) is -0.337. The van der Waals surface area contributed by atoms with E-state index in [9.17, 15) is 14.4 Å². The molecule has 1 amide bonds. The van der Waals surface area contributed by atoms with Crippen LogP contribution in [0.1, 0.15) is 12.0 Å². The molecule has 11 heteroatoms. The van der Waals surface area contributed by atoms with Gasteiger partial charge in [-0.1, -0.05) is 29.3 Å². The summed E-state index contributed by atoms with van der Waals surface area (Å²) in [5.41, 5.74) is 0.227. The van der Waals surface area contributed by atoms with Gasteiger partial charge in [0, 0.05) is 27.2 Å². The Bertz CT molecular complexity index is 1260. The van der Waals surface area contributed by atoms with E-state index in [2.05, 4.69) is 4.98 Å². The van der Waals surface area contributed by atoms with Crippen molar-refractivity contribution < 1.29 is 4.79 Å². The second-order valence-electron chi connectivity index (χ2n) is 7.98. The van der Waals surface area contributed by atoms with Crippen LogP contribution in [0, 0.1) is 0 Å². The fourth-order valence-electron chi connectivity index (χ4n) is 3.50. The first-order chi connectivity index (χ1) is 15.1. The number of halogens is 2. The number of imidazole rings is 1. The summed E-state index contributed by atoms with van der Waals surface area (Å²) in [4.78, 5) is 46.8. The molecule has 0 N–H and O–H groups in total. The number of nitrogens with zero attached hydrogens (tertiary/aromatic N) is 6. The zero-order valence-corrected chi connectivity index (χ0v) is 20.0. The Morgan fingerprint density at radius 3 is 2.47 bits per heavy atom. The van der Waals surface area contributed by atoms with E-state index in [1.54, 1.807) is 34.7 Å². The highest BCUT2D eigenvalue weighted by molar-refractivity contribution is 6.42. The molecule has 0 saturated heterocycles. The maximum atomic E-state index is 13.2. The zero-order valence-electron chi connectivity index (χ0n) is 18.5. The summed E-state index contributed by atoms with van der Waals surface area (Å²) in [6.45, 7) is 1.16. The molecule has 32 heavy (non-hydrogen) atoms. The monoisotopic (exact) mass is 480 g/mol. The first-order valence-corrected chi connectivity index (χ1v) is 10.8. The van der Waals surface area contributed by atoms with Gasteiger partial charge in [-0.2, -0.15) is 0 Å². The molecule has 3 aromatic rings. The van der Waals surface area contributed by atoms with Crippen LogP contribution in [0.5, 0.6) is 0 Å². The third-order valence-corrected chi connectivity index (χ3v) is 5.98. The van der Waals surface area contributed by atoms with Gasteiger partial charge in [-0.3, -0.25) is 14.2 Å². The fourth-order valence-corrected chi connectivity index (χ4v) is 3.82. The van der Waals surface area contributed by atoms with Crippen LogP contribution in [0.15, 0.2) is 34.1 Å². The molecule has 1 aromatic carbocycles. The molecule has 0 unspecified atom stereocenters. The lowest BCUT2D eigenvalue weighted by molar-refractivity contribution is -0.132. The lowest BCUT2D eigenvalue weighted by atomic mass is 10.2. The average Bonchev–Trinajstić information content (AvgIpc) is 3.12. The van der Waals surface area contributed by atoms with Crippen LogP contribution < -0.4 is 11.2 Å². The van der Waals surface area contributed by atoms with E-state index in [4.69, 9.17) is 23.2 Å². The van der Waals surface area contributed by atoms with E-state index < -0.39 is 11.2 Å². The van der Waals surface area contributed by atoms with E-state index >= 15 is 0 Å². The Balaban J connectivity index is 1.92. The molecule has 0 fully saturated rings. The third-order valence-electron chi connectivity index (χ3n) is 5.24. The van der Waals surface area contributed by atoms with Crippen molar-refractivity contribution in [3.8, 4) is 0 Å². The smallest absolute Gasteiger partial charge is 0.332 e. The quantitative estimate of drug-likeness (QED) is 0.489. The van der Waals surface area contributed by atoms with Gasteiger partial charge in [-0.25, -0.2) is 14.3 Å². The number of benzene rings is 1. The van der Waals surface area contributed by atoms with Crippen molar-refractivity contribution in [2.75, 3.05) is 27.2 Å². The normalized spacial score (nSPS) is 11.5. The van der Waals surface area contributed by atoms with Crippen molar-refractivity contribution in [3.05, 3.63) is 61.0 Å². The molecule has 0 aliphatic carbocycles. The highest BCUT2D eigenvalue weighted by Gasteiger charge is 2.20. The van der Waals surface area contributed by atoms with Crippen molar-refractivity contribution in [2.45, 2.75) is 19.5 Å². The minimum atomic E-state index is -0.586. The van der Waals surface area contributed by atoms with Gasteiger partial charge in [-0.05, 0) is 44.8 Å². The second-order valence-corrected chi connectivity index (χ2v) is 8.80. The van der Waals surface area contributed by atoms with E-state index in [1.807, 2.05) is 19.0 Å². The van der Waals surface area contributed by atoms with E-state index in [0.29, 0.717) is 16.6 Å². The molecule has 0 bridgehead atoms. The topological polar surface area (TPSA) is 85.4 Å². The molecular weight excluding hydrogens is 455 g/mol. The predicted molar refractivity (Wildman–Crippen MR) is 125 cm³/mol. The summed E-state index contributed by atoms with van der Waals surface area (Å²) in [6, 6.07) is 5.19. The summed E-state index contributed by atoms with van der Waals surface area (Å²) < 4.78 is 3.78. The van der Waals surface area contributed by atoms with Crippen molar-refractivity contribution in [3.63, 3.8) is 0 Å². The van der Waals surface area contributed by atoms with E-state index in [1.165, 1.54) is 17.9 Å². The molecule has 0 atom stereocenters. The standard InChI is InChI=1S/C21H26Cl2N6O3/c1-25(2)8-5-9-28(11-14-6-7-15(22)16(23)10-14)17(30)12-29-20(31)18-19(24-13-26(18)3)27(4)21(29)32/h6-7,10,13H,5,8-9,11-12H2,1-4H3. The average molecular weight is 481 g/mol. The molecule has 0 aliphatic rings. The Morgan fingerprint density at radius 1 is 1.09 bits per heavy atom. The molecule has 0 spiro atoms. The van der Waals surface area contributed by atoms with E-state index in [-0.39, 0.29) is 30.2 Å². The van der Waals surface area contributed by atoms with Gasteiger partial charge in [-0.15, -0.1) is 0 Å². The molecule has 0 aliphatic heterocycles. The fraction of sp³-hybridized carbons (Fsp3) is 0.429. The van der Waals surface area contributed by atoms with Crippen LogP contribution in [-0.2, 0) is 32.0 Å². The van der Waals surface area contributed by atoms with Crippen LogP contribution >= 0.6 is 23.2 Å². The molecule has 9 nitrogen and oxygen atoms in total. The minimum absolute atomic E-state index is 0.267. The van der Waals surface area contributed by atoms with Gasteiger partial charge < -0.3 is 14.4 Å². The number of fused-ring (bicyclic) bond motifs is 1. The number of hydrogen-bond donors (Lipinski definition) is 0. The van der Waals surface area contributed by atoms with Crippen molar-refractivity contribution in [1.29, 1.82) is 0 Å².